The Bertz CT molecular complexity index is 911. The minimum Gasteiger partial charge on any atom is -0.466 e. The third-order valence-electron chi connectivity index (χ3n) is 4.29. The third kappa shape index (κ3) is 5.78. The van der Waals surface area contributed by atoms with Gasteiger partial charge in [0.1, 0.15) is 6.04 Å². The van der Waals surface area contributed by atoms with Gasteiger partial charge in [-0.05, 0) is 36.8 Å². The molecule has 0 bridgehead atoms. The molecule has 0 aliphatic rings. The summed E-state index contributed by atoms with van der Waals surface area (Å²) in [6.45, 7) is 3.36. The molecule has 2 aromatic rings. The van der Waals surface area contributed by atoms with Crippen molar-refractivity contribution in [3.8, 4) is 0 Å². The van der Waals surface area contributed by atoms with Gasteiger partial charge in [0, 0.05) is 5.56 Å². The van der Waals surface area contributed by atoms with Gasteiger partial charge < -0.3 is 20.5 Å². The highest BCUT2D eigenvalue weighted by molar-refractivity contribution is 6.01. The Hall–Kier alpha value is -3.42. The van der Waals surface area contributed by atoms with Crippen LogP contribution in [0.2, 0.25) is 0 Å². The van der Waals surface area contributed by atoms with Gasteiger partial charge >= 0.3 is 11.9 Å². The fourth-order valence-electron chi connectivity index (χ4n) is 2.91. The van der Waals surface area contributed by atoms with Crippen molar-refractivity contribution >= 4 is 34.5 Å². The summed E-state index contributed by atoms with van der Waals surface area (Å²) in [7, 11) is 0. The van der Waals surface area contributed by atoms with E-state index in [1.54, 1.807) is 32.0 Å². The van der Waals surface area contributed by atoms with Gasteiger partial charge in [0.15, 0.2) is 0 Å². The molecule has 0 heterocycles. The van der Waals surface area contributed by atoms with Crippen LogP contribution in [-0.4, -0.2) is 43.0 Å². The number of rotatable bonds is 9. The number of ether oxygens (including phenoxy) is 2. The number of carbonyl (C=O) groups excluding carboxylic acids is 4. The van der Waals surface area contributed by atoms with Crippen LogP contribution in [0, 0.1) is 5.92 Å². The van der Waals surface area contributed by atoms with E-state index in [0.29, 0.717) is 0 Å². The predicted octanol–water partition coefficient (Wildman–Crippen LogP) is 1.56. The van der Waals surface area contributed by atoms with E-state index in [1.165, 1.54) is 0 Å². The molecule has 8 heteroatoms. The first-order chi connectivity index (χ1) is 13.9. The van der Waals surface area contributed by atoms with Crippen LogP contribution in [-0.2, 0) is 23.9 Å². The quantitative estimate of drug-likeness (QED) is 0.616. The highest BCUT2D eigenvalue weighted by atomic mass is 16.5. The largest absolute Gasteiger partial charge is 0.466 e. The Morgan fingerprint density at radius 1 is 0.966 bits per heavy atom. The molecule has 2 atom stereocenters. The molecule has 2 aromatic carbocycles. The Kier molecular flexibility index (Phi) is 7.70. The lowest BCUT2D eigenvalue weighted by molar-refractivity contribution is -0.156. The van der Waals surface area contributed by atoms with Gasteiger partial charge in [0.2, 0.25) is 5.91 Å². The second-order valence-electron chi connectivity index (χ2n) is 6.28. The van der Waals surface area contributed by atoms with Crippen molar-refractivity contribution in [1.82, 2.24) is 5.32 Å². The smallest absolute Gasteiger partial charge is 0.312 e. The molecule has 0 aromatic heterocycles. The zero-order chi connectivity index (χ0) is 21.4. The van der Waals surface area contributed by atoms with Gasteiger partial charge in [-0.1, -0.05) is 30.3 Å². The maximum Gasteiger partial charge on any atom is 0.312 e. The summed E-state index contributed by atoms with van der Waals surface area (Å²) in [4.78, 5) is 49.0. The average Bonchev–Trinajstić information content (AvgIpc) is 2.70. The number of nitrogens with two attached hydrogens (primary N) is 1. The van der Waals surface area contributed by atoms with Gasteiger partial charge in [0.05, 0.1) is 25.6 Å². The lowest BCUT2D eigenvalue weighted by Gasteiger charge is -2.23. The number of amides is 2. The third-order valence-corrected chi connectivity index (χ3v) is 4.29. The summed E-state index contributed by atoms with van der Waals surface area (Å²) in [5, 5.41) is 4.25. The van der Waals surface area contributed by atoms with E-state index >= 15 is 0 Å². The molecule has 8 nitrogen and oxygen atoms in total. The number of hydrogen-bond donors (Lipinski definition) is 2. The van der Waals surface area contributed by atoms with Crippen LogP contribution in [0.5, 0.6) is 0 Å². The number of nitrogens with one attached hydrogen (secondary N) is 1. The highest BCUT2D eigenvalue weighted by Gasteiger charge is 2.37. The summed E-state index contributed by atoms with van der Waals surface area (Å²) < 4.78 is 9.81. The number of fused-ring (bicyclic) bond motifs is 1. The summed E-state index contributed by atoms with van der Waals surface area (Å²) in [5.41, 5.74) is 5.71. The van der Waals surface area contributed by atoms with E-state index in [0.717, 1.165) is 10.8 Å². The van der Waals surface area contributed by atoms with E-state index < -0.39 is 42.1 Å². The molecule has 2 rings (SSSR count). The summed E-state index contributed by atoms with van der Waals surface area (Å²) in [6.07, 6.45) is -0.446. The predicted molar refractivity (Wildman–Crippen MR) is 106 cm³/mol. The van der Waals surface area contributed by atoms with E-state index in [1.807, 2.05) is 24.3 Å². The van der Waals surface area contributed by atoms with Crippen molar-refractivity contribution in [2.75, 3.05) is 13.2 Å². The first kappa shape index (κ1) is 21.9. The van der Waals surface area contributed by atoms with Crippen molar-refractivity contribution < 1.29 is 28.7 Å². The molecule has 154 valence electrons. The number of primary amides is 1. The molecule has 3 N–H and O–H groups in total. The molecule has 2 amide bonds. The zero-order valence-corrected chi connectivity index (χ0v) is 16.3. The van der Waals surface area contributed by atoms with Gasteiger partial charge in [-0.3, -0.25) is 19.2 Å². The van der Waals surface area contributed by atoms with E-state index in [2.05, 4.69) is 5.32 Å². The van der Waals surface area contributed by atoms with Gasteiger partial charge in [-0.15, -0.1) is 0 Å². The number of esters is 2. The lowest BCUT2D eigenvalue weighted by Crippen LogP contribution is -2.52. The SMILES string of the molecule is CCOC(=O)C[C@H](C(=O)OCC)[C@@H](NC(=O)c1ccc2ccccc2c1)C(N)=O. The minimum atomic E-state index is -1.43. The first-order valence-corrected chi connectivity index (χ1v) is 9.28. The lowest BCUT2D eigenvalue weighted by atomic mass is 9.94. The van der Waals surface area contributed by atoms with Crippen LogP contribution in [0.15, 0.2) is 42.5 Å². The van der Waals surface area contributed by atoms with Gasteiger partial charge in [-0.25, -0.2) is 0 Å². The first-order valence-electron chi connectivity index (χ1n) is 9.28. The molecule has 0 aliphatic carbocycles. The highest BCUT2D eigenvalue weighted by Crippen LogP contribution is 2.18. The van der Waals surface area contributed by atoms with Crippen LogP contribution >= 0.6 is 0 Å². The van der Waals surface area contributed by atoms with Gasteiger partial charge in [0.25, 0.3) is 5.91 Å². The standard InChI is InChI=1S/C21H24N2O6/c1-3-28-17(24)12-16(21(27)29-4-2)18(19(22)25)23-20(26)15-10-9-13-7-5-6-8-14(13)11-15/h5-11,16,18H,3-4,12H2,1-2H3,(H2,22,25)(H,23,26)/t16-,18+/m0/s1. The monoisotopic (exact) mass is 400 g/mol. The van der Waals surface area contributed by atoms with E-state index in [-0.39, 0.29) is 18.8 Å². The summed E-state index contributed by atoms with van der Waals surface area (Å²) in [5.74, 6) is -4.37. The van der Waals surface area contributed by atoms with Gasteiger partial charge in [-0.2, -0.15) is 0 Å². The Balaban J connectivity index is 2.27. The number of benzene rings is 2. The molecular formula is C21H24N2O6. The van der Waals surface area contributed by atoms with Crippen LogP contribution in [0.3, 0.4) is 0 Å². The minimum absolute atomic E-state index is 0.0439. The van der Waals surface area contributed by atoms with Crippen molar-refractivity contribution in [2.45, 2.75) is 26.3 Å². The molecule has 0 radical (unpaired) electrons. The fourth-order valence-corrected chi connectivity index (χ4v) is 2.91. The Morgan fingerprint density at radius 2 is 1.62 bits per heavy atom. The van der Waals surface area contributed by atoms with Crippen LogP contribution in [0.25, 0.3) is 10.8 Å². The molecule has 0 fully saturated rings. The molecule has 0 unspecified atom stereocenters. The van der Waals surface area contributed by atoms with E-state index in [9.17, 15) is 19.2 Å². The van der Waals surface area contributed by atoms with Crippen molar-refractivity contribution in [1.29, 1.82) is 0 Å². The van der Waals surface area contributed by atoms with Crippen molar-refractivity contribution in [3.05, 3.63) is 48.0 Å². The Labute approximate surface area is 168 Å². The number of carbonyl (C=O) groups is 4. The average molecular weight is 400 g/mol. The maximum absolute atomic E-state index is 12.7. The van der Waals surface area contributed by atoms with Crippen LogP contribution in [0.1, 0.15) is 30.6 Å². The number of hydrogen-bond acceptors (Lipinski definition) is 6. The molecule has 0 aliphatic heterocycles. The van der Waals surface area contributed by atoms with Crippen molar-refractivity contribution in [3.63, 3.8) is 0 Å². The second kappa shape index (κ2) is 10.2. The molecule has 29 heavy (non-hydrogen) atoms. The van der Waals surface area contributed by atoms with E-state index in [4.69, 9.17) is 15.2 Å². The van der Waals surface area contributed by atoms with Crippen LogP contribution in [0.4, 0.5) is 0 Å². The molecule has 0 saturated carbocycles. The van der Waals surface area contributed by atoms with Crippen LogP contribution < -0.4 is 11.1 Å². The Morgan fingerprint density at radius 3 is 2.24 bits per heavy atom. The summed E-state index contributed by atoms with van der Waals surface area (Å²) in [6, 6.07) is 11.1. The van der Waals surface area contributed by atoms with Crippen molar-refractivity contribution in [2.24, 2.45) is 11.7 Å². The molecule has 0 spiro atoms. The maximum atomic E-state index is 12.7. The summed E-state index contributed by atoms with van der Waals surface area (Å²) >= 11 is 0. The molecular weight excluding hydrogens is 376 g/mol. The topological polar surface area (TPSA) is 125 Å². The molecule has 0 saturated heterocycles. The zero-order valence-electron chi connectivity index (χ0n) is 16.3. The second-order valence-corrected chi connectivity index (χ2v) is 6.28. The normalized spacial score (nSPS) is 12.6. The fraction of sp³-hybridized carbons (Fsp3) is 0.333.